The van der Waals surface area contributed by atoms with Gasteiger partial charge in [0, 0.05) is 19.7 Å². The van der Waals surface area contributed by atoms with Crippen molar-refractivity contribution < 1.29 is 13.9 Å². The van der Waals surface area contributed by atoms with Crippen LogP contribution in [0.1, 0.15) is 24.6 Å². The minimum atomic E-state index is -0.153. The Labute approximate surface area is 122 Å². The van der Waals surface area contributed by atoms with Gasteiger partial charge in [0.25, 0.3) is 0 Å². The third-order valence-electron chi connectivity index (χ3n) is 3.69. The molecule has 2 aromatic heterocycles. The second-order valence-electron chi connectivity index (χ2n) is 4.99. The van der Waals surface area contributed by atoms with E-state index in [0.29, 0.717) is 18.2 Å². The van der Waals surface area contributed by atoms with Crippen molar-refractivity contribution in [3.8, 4) is 5.88 Å². The van der Waals surface area contributed by atoms with Crippen molar-refractivity contribution in [3.05, 3.63) is 30.2 Å². The Morgan fingerprint density at radius 2 is 2.43 bits per heavy atom. The third kappa shape index (κ3) is 2.58. The van der Waals surface area contributed by atoms with Gasteiger partial charge in [0.1, 0.15) is 11.6 Å². The van der Waals surface area contributed by atoms with E-state index in [4.69, 9.17) is 9.15 Å². The first-order valence-corrected chi connectivity index (χ1v) is 6.88. The van der Waals surface area contributed by atoms with Gasteiger partial charge in [-0.1, -0.05) is 0 Å². The molecule has 2 aromatic rings. The molecule has 7 nitrogen and oxygen atoms in total. The molecule has 0 aromatic carbocycles. The minimum Gasteiger partial charge on any atom is -0.480 e. The largest absolute Gasteiger partial charge is 0.480 e. The summed E-state index contributed by atoms with van der Waals surface area (Å²) >= 11 is 0. The van der Waals surface area contributed by atoms with Crippen molar-refractivity contribution in [2.75, 3.05) is 19.0 Å². The predicted molar refractivity (Wildman–Crippen MR) is 76.2 cm³/mol. The van der Waals surface area contributed by atoms with Gasteiger partial charge in [-0.2, -0.15) is 0 Å². The van der Waals surface area contributed by atoms with E-state index in [0.717, 1.165) is 18.6 Å². The lowest BCUT2D eigenvalue weighted by Crippen LogP contribution is -2.34. The van der Waals surface area contributed by atoms with E-state index in [2.05, 4.69) is 10.4 Å². The third-order valence-corrected chi connectivity index (χ3v) is 3.69. The lowest BCUT2D eigenvalue weighted by atomic mass is 10.2. The topological polar surface area (TPSA) is 72.5 Å². The van der Waals surface area contributed by atoms with Crippen LogP contribution < -0.4 is 10.1 Å². The van der Waals surface area contributed by atoms with E-state index >= 15 is 0 Å². The second kappa shape index (κ2) is 5.51. The Hall–Kier alpha value is -2.44. The predicted octanol–water partition coefficient (Wildman–Crippen LogP) is 2.39. The molecule has 0 saturated carbocycles. The number of hydrogen-bond acceptors (Lipinski definition) is 4. The number of methoxy groups -OCH3 is 1. The number of ether oxygens (including phenoxy) is 1. The summed E-state index contributed by atoms with van der Waals surface area (Å²) < 4.78 is 12.1. The van der Waals surface area contributed by atoms with Gasteiger partial charge >= 0.3 is 6.03 Å². The van der Waals surface area contributed by atoms with Crippen molar-refractivity contribution in [3.63, 3.8) is 0 Å². The quantitative estimate of drug-likeness (QED) is 0.942. The summed E-state index contributed by atoms with van der Waals surface area (Å²) in [6.45, 7) is 0.714. The van der Waals surface area contributed by atoms with Crippen molar-refractivity contribution >= 4 is 11.8 Å². The normalized spacial score (nSPS) is 18.0. The molecule has 3 rings (SSSR count). The summed E-state index contributed by atoms with van der Waals surface area (Å²) in [6, 6.07) is 5.28. The number of nitrogens with zero attached hydrogens (tertiary/aromatic N) is 3. The molecule has 1 aliphatic rings. The number of hydrogen-bond donors (Lipinski definition) is 1. The van der Waals surface area contributed by atoms with Gasteiger partial charge in [-0.05, 0) is 25.0 Å². The molecule has 0 aliphatic carbocycles. The fraction of sp³-hybridized carbons (Fsp3) is 0.429. The molecule has 1 fully saturated rings. The van der Waals surface area contributed by atoms with Crippen molar-refractivity contribution in [2.45, 2.75) is 18.9 Å². The molecule has 0 radical (unpaired) electrons. The second-order valence-corrected chi connectivity index (χ2v) is 4.99. The number of carbonyl (C=O) groups excluding carboxylic acids is 1. The molecule has 2 amide bonds. The standard InChI is InChI=1S/C14H18N4O3/c1-17-12(9-13(16-17)20-2)15-14(19)18-7-3-5-10(18)11-6-4-8-21-11/h4,6,8-10H,3,5,7H2,1-2H3,(H,15,19). The lowest BCUT2D eigenvalue weighted by molar-refractivity contribution is 0.199. The molecule has 21 heavy (non-hydrogen) atoms. The van der Waals surface area contributed by atoms with E-state index in [1.165, 1.54) is 0 Å². The van der Waals surface area contributed by atoms with Gasteiger partial charge in [0.2, 0.25) is 5.88 Å². The average molecular weight is 290 g/mol. The average Bonchev–Trinajstić information content (AvgIpc) is 3.18. The molecule has 7 heteroatoms. The zero-order valence-electron chi connectivity index (χ0n) is 12.1. The van der Waals surface area contributed by atoms with Crippen LogP contribution >= 0.6 is 0 Å². The molecule has 112 valence electrons. The first kappa shape index (κ1) is 13.5. The fourth-order valence-electron chi connectivity index (χ4n) is 2.63. The molecular formula is C14H18N4O3. The fourth-order valence-corrected chi connectivity index (χ4v) is 2.63. The zero-order valence-corrected chi connectivity index (χ0v) is 12.1. The van der Waals surface area contributed by atoms with E-state index in [1.54, 1.807) is 36.1 Å². The number of furan rings is 1. The summed E-state index contributed by atoms with van der Waals surface area (Å²) in [4.78, 5) is 14.3. The van der Waals surface area contributed by atoms with Crippen LogP contribution in [0.3, 0.4) is 0 Å². The van der Waals surface area contributed by atoms with E-state index in [1.807, 2.05) is 12.1 Å². The molecule has 1 N–H and O–H groups in total. The van der Waals surface area contributed by atoms with Crippen LogP contribution in [0.15, 0.2) is 28.9 Å². The molecule has 0 spiro atoms. The molecule has 3 heterocycles. The van der Waals surface area contributed by atoms with Crippen LogP contribution in [-0.2, 0) is 7.05 Å². The first-order chi connectivity index (χ1) is 10.2. The van der Waals surface area contributed by atoms with Gasteiger partial charge in [0.15, 0.2) is 0 Å². The van der Waals surface area contributed by atoms with Crippen LogP contribution in [-0.4, -0.2) is 34.4 Å². The zero-order chi connectivity index (χ0) is 14.8. The Kier molecular flexibility index (Phi) is 3.55. The molecule has 1 unspecified atom stereocenters. The van der Waals surface area contributed by atoms with Gasteiger partial charge in [-0.25, -0.2) is 9.48 Å². The van der Waals surface area contributed by atoms with E-state index in [9.17, 15) is 4.79 Å². The summed E-state index contributed by atoms with van der Waals surface area (Å²) in [5.74, 6) is 1.89. The minimum absolute atomic E-state index is 0.00452. The Balaban J connectivity index is 1.73. The SMILES string of the molecule is COc1cc(NC(=O)N2CCCC2c2ccco2)n(C)n1. The molecule has 1 atom stereocenters. The molecule has 1 aliphatic heterocycles. The summed E-state index contributed by atoms with van der Waals surface area (Å²) in [5, 5.41) is 6.98. The molecular weight excluding hydrogens is 272 g/mol. The maximum absolute atomic E-state index is 12.5. The highest BCUT2D eigenvalue weighted by atomic mass is 16.5. The number of anilines is 1. The monoisotopic (exact) mass is 290 g/mol. The highest BCUT2D eigenvalue weighted by molar-refractivity contribution is 5.89. The highest BCUT2D eigenvalue weighted by Crippen LogP contribution is 2.32. The summed E-state index contributed by atoms with van der Waals surface area (Å²) in [5.41, 5.74) is 0. The van der Waals surface area contributed by atoms with Crippen LogP contribution in [0.25, 0.3) is 0 Å². The van der Waals surface area contributed by atoms with Crippen molar-refractivity contribution in [1.29, 1.82) is 0 Å². The van der Waals surface area contributed by atoms with Crippen LogP contribution in [0.5, 0.6) is 5.88 Å². The number of amides is 2. The Morgan fingerprint density at radius 3 is 3.10 bits per heavy atom. The van der Waals surface area contributed by atoms with E-state index < -0.39 is 0 Å². The van der Waals surface area contributed by atoms with Crippen LogP contribution in [0.2, 0.25) is 0 Å². The highest BCUT2D eigenvalue weighted by Gasteiger charge is 2.32. The summed E-state index contributed by atoms with van der Waals surface area (Å²) in [7, 11) is 3.30. The number of aryl methyl sites for hydroxylation is 1. The number of urea groups is 1. The number of rotatable bonds is 3. The number of nitrogens with one attached hydrogen (secondary N) is 1. The van der Waals surface area contributed by atoms with Crippen molar-refractivity contribution in [2.24, 2.45) is 7.05 Å². The number of carbonyl (C=O) groups is 1. The van der Waals surface area contributed by atoms with Crippen LogP contribution in [0, 0.1) is 0 Å². The first-order valence-electron chi connectivity index (χ1n) is 6.88. The molecule has 1 saturated heterocycles. The van der Waals surface area contributed by atoms with Gasteiger partial charge in [-0.15, -0.1) is 5.10 Å². The van der Waals surface area contributed by atoms with Gasteiger partial charge in [-0.3, -0.25) is 5.32 Å². The Bertz CT molecular complexity index is 620. The van der Waals surface area contributed by atoms with Crippen LogP contribution in [0.4, 0.5) is 10.6 Å². The maximum Gasteiger partial charge on any atom is 0.323 e. The smallest absolute Gasteiger partial charge is 0.323 e. The Morgan fingerprint density at radius 1 is 1.57 bits per heavy atom. The molecule has 0 bridgehead atoms. The van der Waals surface area contributed by atoms with Gasteiger partial charge < -0.3 is 14.1 Å². The number of aromatic nitrogens is 2. The maximum atomic E-state index is 12.5. The number of likely N-dealkylation sites (tertiary alicyclic amines) is 1. The van der Waals surface area contributed by atoms with Gasteiger partial charge in [0.05, 0.1) is 19.4 Å². The van der Waals surface area contributed by atoms with E-state index in [-0.39, 0.29) is 12.1 Å². The lowest BCUT2D eigenvalue weighted by Gasteiger charge is -2.23. The van der Waals surface area contributed by atoms with Crippen molar-refractivity contribution in [1.82, 2.24) is 14.7 Å². The summed E-state index contributed by atoms with van der Waals surface area (Å²) in [6.07, 6.45) is 3.51.